The first-order valence-electron chi connectivity index (χ1n) is 4.14. The lowest BCUT2D eigenvalue weighted by Gasteiger charge is -1.99. The van der Waals surface area contributed by atoms with Crippen LogP contribution in [0, 0.1) is 6.61 Å². The topological polar surface area (TPSA) is 46.0 Å². The van der Waals surface area contributed by atoms with Crippen LogP contribution in [0.2, 0.25) is 0 Å². The van der Waals surface area contributed by atoms with Crippen molar-refractivity contribution >= 4 is 12.6 Å². The molecule has 1 rings (SSSR count). The highest BCUT2D eigenvalue weighted by Crippen LogP contribution is 2.01. The van der Waals surface area contributed by atoms with Crippen LogP contribution < -0.4 is 0 Å². The minimum absolute atomic E-state index is 0.333. The van der Waals surface area contributed by atoms with Crippen molar-refractivity contribution in [2.75, 3.05) is 5.75 Å². The third kappa shape index (κ3) is 3.74. The van der Waals surface area contributed by atoms with Gasteiger partial charge >= 0.3 is 0 Å². The van der Waals surface area contributed by atoms with E-state index in [1.807, 2.05) is 6.61 Å². The van der Waals surface area contributed by atoms with Crippen LogP contribution in [-0.4, -0.2) is 20.8 Å². The van der Waals surface area contributed by atoms with Crippen molar-refractivity contribution in [1.29, 1.82) is 0 Å². The zero-order valence-electron chi connectivity index (χ0n) is 7.27. The van der Waals surface area contributed by atoms with Crippen LogP contribution in [0.15, 0.2) is 12.4 Å². The summed E-state index contributed by atoms with van der Waals surface area (Å²) in [6, 6.07) is 0. The van der Waals surface area contributed by atoms with Crippen molar-refractivity contribution in [3.8, 4) is 0 Å². The Morgan fingerprint density at radius 1 is 1.31 bits per heavy atom. The predicted molar refractivity (Wildman–Crippen MR) is 53.1 cm³/mol. The Bertz CT molecular complexity index is 238. The Balaban J connectivity index is 2.48. The Kier molecular flexibility index (Phi) is 4.78. The highest BCUT2D eigenvalue weighted by molar-refractivity contribution is 7.80. The molecule has 2 radical (unpaired) electrons. The molecule has 0 aliphatic rings. The van der Waals surface area contributed by atoms with E-state index in [4.69, 9.17) is 5.11 Å². The van der Waals surface area contributed by atoms with E-state index in [1.54, 1.807) is 12.4 Å². The van der Waals surface area contributed by atoms with Crippen molar-refractivity contribution in [2.24, 2.45) is 0 Å². The fraction of sp³-hybridized carbons (Fsp3) is 0.444. The first kappa shape index (κ1) is 10.5. The van der Waals surface area contributed by atoms with Crippen LogP contribution in [0.1, 0.15) is 17.8 Å². The molecule has 70 valence electrons. The quantitative estimate of drug-likeness (QED) is 0.698. The van der Waals surface area contributed by atoms with Gasteiger partial charge in [0.05, 0.1) is 11.4 Å². The van der Waals surface area contributed by atoms with Crippen LogP contribution in [-0.2, 0) is 12.8 Å². The molecular formula is C9H12N2OS. The Labute approximate surface area is 83.6 Å². The van der Waals surface area contributed by atoms with E-state index in [0.717, 1.165) is 30.0 Å². The van der Waals surface area contributed by atoms with E-state index in [-0.39, 0.29) is 0 Å². The molecule has 1 N–H and O–H groups in total. The average Bonchev–Trinajstić information content (AvgIpc) is 2.17. The van der Waals surface area contributed by atoms with Crippen LogP contribution in [0.5, 0.6) is 0 Å². The number of aliphatic hydroxyl groups excluding tert-OH is 1. The van der Waals surface area contributed by atoms with E-state index < -0.39 is 0 Å². The van der Waals surface area contributed by atoms with Crippen LogP contribution >= 0.6 is 12.6 Å². The summed E-state index contributed by atoms with van der Waals surface area (Å²) in [6.07, 6.45) is 5.64. The van der Waals surface area contributed by atoms with Gasteiger partial charge in [-0.25, -0.2) is 0 Å². The fourth-order valence-corrected chi connectivity index (χ4v) is 1.10. The number of nitrogens with zero attached hydrogens (tertiary/aromatic N) is 2. The summed E-state index contributed by atoms with van der Waals surface area (Å²) in [4.78, 5) is 8.30. The van der Waals surface area contributed by atoms with Gasteiger partial charge in [-0.3, -0.25) is 9.97 Å². The number of aromatic nitrogens is 2. The van der Waals surface area contributed by atoms with Gasteiger partial charge in [-0.1, -0.05) is 0 Å². The lowest BCUT2D eigenvalue weighted by molar-refractivity contribution is 0.383. The molecule has 1 heterocycles. The van der Waals surface area contributed by atoms with Gasteiger partial charge in [0.15, 0.2) is 0 Å². The zero-order valence-corrected chi connectivity index (χ0v) is 8.17. The molecule has 0 fully saturated rings. The van der Waals surface area contributed by atoms with Crippen molar-refractivity contribution in [3.05, 3.63) is 30.4 Å². The summed E-state index contributed by atoms with van der Waals surface area (Å²) in [5.41, 5.74) is 1.70. The molecule has 13 heavy (non-hydrogen) atoms. The summed E-state index contributed by atoms with van der Waals surface area (Å²) >= 11 is 4.11. The highest BCUT2D eigenvalue weighted by Gasteiger charge is 1.97. The predicted octanol–water partition coefficient (Wildman–Crippen LogP) is 1.29. The van der Waals surface area contributed by atoms with Gasteiger partial charge in [0.2, 0.25) is 0 Å². The Morgan fingerprint density at radius 3 is 2.54 bits per heavy atom. The normalized spacial score (nSPS) is 10.3. The maximum atomic E-state index is 8.40. The van der Waals surface area contributed by atoms with E-state index in [0.29, 0.717) is 6.42 Å². The minimum atomic E-state index is 0.333. The van der Waals surface area contributed by atoms with Crippen molar-refractivity contribution in [2.45, 2.75) is 19.3 Å². The van der Waals surface area contributed by atoms with Gasteiger partial charge in [0, 0.05) is 18.8 Å². The molecule has 0 aliphatic carbocycles. The molecule has 0 saturated heterocycles. The molecule has 3 nitrogen and oxygen atoms in total. The van der Waals surface area contributed by atoms with E-state index >= 15 is 0 Å². The highest BCUT2D eigenvalue weighted by atomic mass is 32.1. The molecule has 4 heteroatoms. The van der Waals surface area contributed by atoms with Crippen LogP contribution in [0.4, 0.5) is 0 Å². The summed E-state index contributed by atoms with van der Waals surface area (Å²) in [5.74, 6) is 0.863. The van der Waals surface area contributed by atoms with Crippen molar-refractivity contribution < 1.29 is 5.11 Å². The molecule has 0 saturated carbocycles. The molecular weight excluding hydrogens is 184 g/mol. The summed E-state index contributed by atoms with van der Waals surface area (Å²) < 4.78 is 0. The van der Waals surface area contributed by atoms with Gasteiger partial charge < -0.3 is 5.11 Å². The van der Waals surface area contributed by atoms with Crippen molar-refractivity contribution in [3.63, 3.8) is 0 Å². The molecule has 0 aromatic carbocycles. The maximum absolute atomic E-state index is 8.40. The lowest BCUT2D eigenvalue weighted by atomic mass is 10.2. The van der Waals surface area contributed by atoms with Gasteiger partial charge in [0.25, 0.3) is 0 Å². The molecule has 1 aromatic rings. The zero-order chi connectivity index (χ0) is 9.52. The minimum Gasteiger partial charge on any atom is -0.383 e. The second-order valence-electron chi connectivity index (χ2n) is 2.66. The number of hydrogen-bond donors (Lipinski definition) is 2. The lowest BCUT2D eigenvalue weighted by Crippen LogP contribution is -1.97. The first-order chi connectivity index (χ1) is 6.36. The van der Waals surface area contributed by atoms with Gasteiger partial charge in [-0.2, -0.15) is 12.6 Å². The standard InChI is InChI=1S/C9H12N2OS/c12-4-3-9-7-10-8(6-11-9)2-1-5-13/h6-7,12-13H,1-3,5H2. The molecule has 0 bridgehead atoms. The van der Waals surface area contributed by atoms with Crippen LogP contribution in [0.25, 0.3) is 0 Å². The third-order valence-corrected chi connectivity index (χ3v) is 1.93. The Hall–Kier alpha value is -0.610. The van der Waals surface area contributed by atoms with E-state index in [2.05, 4.69) is 22.6 Å². The molecule has 0 spiro atoms. The summed E-state index contributed by atoms with van der Waals surface area (Å²) in [5, 5.41) is 8.40. The molecule has 0 amide bonds. The SMILES string of the molecule is O[C]Cc1cnc(CCCS)cn1. The average molecular weight is 196 g/mol. The molecule has 1 aromatic heterocycles. The van der Waals surface area contributed by atoms with Crippen LogP contribution in [0.3, 0.4) is 0 Å². The van der Waals surface area contributed by atoms with Crippen molar-refractivity contribution in [1.82, 2.24) is 9.97 Å². The van der Waals surface area contributed by atoms with Gasteiger partial charge in [-0.05, 0) is 18.6 Å². The monoisotopic (exact) mass is 196 g/mol. The maximum Gasteiger partial charge on any atom is 0.134 e. The number of rotatable bonds is 5. The molecule has 0 atom stereocenters. The molecule has 0 unspecified atom stereocenters. The van der Waals surface area contributed by atoms with E-state index in [1.165, 1.54) is 0 Å². The number of aryl methyl sites for hydroxylation is 1. The number of hydrogen-bond acceptors (Lipinski definition) is 4. The smallest absolute Gasteiger partial charge is 0.134 e. The largest absolute Gasteiger partial charge is 0.383 e. The second-order valence-corrected chi connectivity index (χ2v) is 3.11. The van der Waals surface area contributed by atoms with Gasteiger partial charge in [0.1, 0.15) is 6.61 Å². The number of thiol groups is 1. The second kappa shape index (κ2) is 5.94. The number of aliphatic hydroxyl groups is 1. The fourth-order valence-electron chi connectivity index (χ4n) is 0.943. The Morgan fingerprint density at radius 2 is 2.00 bits per heavy atom. The third-order valence-electron chi connectivity index (χ3n) is 1.61. The summed E-state index contributed by atoms with van der Waals surface area (Å²) in [7, 11) is 0. The first-order valence-corrected chi connectivity index (χ1v) is 4.77. The van der Waals surface area contributed by atoms with Gasteiger partial charge in [-0.15, -0.1) is 0 Å². The molecule has 0 aliphatic heterocycles. The summed E-state index contributed by atoms with van der Waals surface area (Å²) in [6.45, 7) is 2.03. The van der Waals surface area contributed by atoms with E-state index in [9.17, 15) is 0 Å².